The van der Waals surface area contributed by atoms with E-state index in [9.17, 15) is 13.5 Å². The lowest BCUT2D eigenvalue weighted by Crippen LogP contribution is -2.51. The van der Waals surface area contributed by atoms with Crippen LogP contribution < -0.4 is 0 Å². The maximum atomic E-state index is 12.5. The molecule has 0 radical (unpaired) electrons. The van der Waals surface area contributed by atoms with Gasteiger partial charge in [-0.2, -0.15) is 4.31 Å². The van der Waals surface area contributed by atoms with Crippen LogP contribution in [0.25, 0.3) is 0 Å². The molecule has 19 heavy (non-hydrogen) atoms. The maximum absolute atomic E-state index is 12.5. The van der Waals surface area contributed by atoms with Gasteiger partial charge in [-0.25, -0.2) is 8.42 Å². The average molecular weight is 285 g/mol. The summed E-state index contributed by atoms with van der Waals surface area (Å²) in [4.78, 5) is 0.231. The predicted molar refractivity (Wildman–Crippen MR) is 71.1 cm³/mol. The molecule has 0 spiro atoms. The molecule has 0 aromatic heterocycles. The standard InChI is InChI=1S/C13H19NO4S/c1-10-5-7-11(8-6-10)19(16,17)14-9-3-4-12(15)13(14)18-2/h5-8,12-13,15H,3-4,9H2,1-2H3/t12-,13+/m1/s1. The molecular weight excluding hydrogens is 266 g/mol. The Labute approximate surface area is 113 Å². The van der Waals surface area contributed by atoms with Gasteiger partial charge < -0.3 is 9.84 Å². The van der Waals surface area contributed by atoms with Crippen LogP contribution >= 0.6 is 0 Å². The number of rotatable bonds is 3. The molecule has 0 amide bonds. The molecule has 2 rings (SSSR count). The molecule has 1 heterocycles. The summed E-state index contributed by atoms with van der Waals surface area (Å²) in [6.45, 7) is 2.27. The van der Waals surface area contributed by atoms with Crippen LogP contribution in [-0.4, -0.2) is 43.8 Å². The summed E-state index contributed by atoms with van der Waals surface area (Å²) >= 11 is 0. The van der Waals surface area contributed by atoms with Crippen molar-refractivity contribution in [3.8, 4) is 0 Å². The van der Waals surface area contributed by atoms with Gasteiger partial charge in [0, 0.05) is 13.7 Å². The van der Waals surface area contributed by atoms with E-state index in [1.54, 1.807) is 24.3 Å². The Kier molecular flexibility index (Phi) is 4.25. The Morgan fingerprint density at radius 2 is 1.95 bits per heavy atom. The number of benzene rings is 1. The second-order valence-electron chi connectivity index (χ2n) is 4.76. The minimum Gasteiger partial charge on any atom is -0.389 e. The molecule has 0 unspecified atom stereocenters. The molecule has 1 aromatic carbocycles. The van der Waals surface area contributed by atoms with Crippen LogP contribution in [0.5, 0.6) is 0 Å². The van der Waals surface area contributed by atoms with Gasteiger partial charge in [0.05, 0.1) is 11.0 Å². The van der Waals surface area contributed by atoms with Crippen molar-refractivity contribution in [3.05, 3.63) is 29.8 Å². The Hall–Kier alpha value is -0.950. The first-order chi connectivity index (χ1) is 8.96. The fourth-order valence-corrected chi connectivity index (χ4v) is 3.92. The lowest BCUT2D eigenvalue weighted by Gasteiger charge is -2.36. The third-order valence-corrected chi connectivity index (χ3v) is 5.24. The minimum absolute atomic E-state index is 0.231. The van der Waals surface area contributed by atoms with Crippen molar-refractivity contribution < 1.29 is 18.3 Å². The average Bonchev–Trinajstić information content (AvgIpc) is 2.39. The number of hydrogen-bond donors (Lipinski definition) is 1. The lowest BCUT2D eigenvalue weighted by molar-refractivity contribution is -0.0937. The number of aliphatic hydroxyl groups is 1. The first-order valence-electron chi connectivity index (χ1n) is 6.26. The van der Waals surface area contributed by atoms with Crippen LogP contribution in [0.2, 0.25) is 0 Å². The molecular formula is C13H19NO4S. The number of piperidine rings is 1. The smallest absolute Gasteiger partial charge is 0.245 e. The van der Waals surface area contributed by atoms with Crippen LogP contribution in [0.3, 0.4) is 0 Å². The van der Waals surface area contributed by atoms with Gasteiger partial charge in [0.25, 0.3) is 0 Å². The second-order valence-corrected chi connectivity index (χ2v) is 6.66. The first-order valence-corrected chi connectivity index (χ1v) is 7.70. The number of hydrogen-bond acceptors (Lipinski definition) is 4. The Morgan fingerprint density at radius 3 is 2.53 bits per heavy atom. The van der Waals surface area contributed by atoms with Gasteiger partial charge in [-0.1, -0.05) is 17.7 Å². The highest BCUT2D eigenvalue weighted by Gasteiger charge is 2.38. The van der Waals surface area contributed by atoms with Crippen molar-refractivity contribution in [2.24, 2.45) is 0 Å². The molecule has 1 aliphatic heterocycles. The monoisotopic (exact) mass is 285 g/mol. The van der Waals surface area contributed by atoms with Crippen molar-refractivity contribution in [1.29, 1.82) is 0 Å². The number of ether oxygens (including phenoxy) is 1. The van der Waals surface area contributed by atoms with Gasteiger partial charge >= 0.3 is 0 Å². The maximum Gasteiger partial charge on any atom is 0.245 e. The Morgan fingerprint density at radius 1 is 1.32 bits per heavy atom. The Balaban J connectivity index is 2.35. The van der Waals surface area contributed by atoms with Crippen LogP contribution in [0.1, 0.15) is 18.4 Å². The molecule has 0 saturated carbocycles. The van der Waals surface area contributed by atoms with Crippen molar-refractivity contribution in [3.63, 3.8) is 0 Å². The third-order valence-electron chi connectivity index (χ3n) is 3.36. The number of nitrogens with zero attached hydrogens (tertiary/aromatic N) is 1. The topological polar surface area (TPSA) is 66.8 Å². The minimum atomic E-state index is -3.62. The summed E-state index contributed by atoms with van der Waals surface area (Å²) in [5.41, 5.74) is 1.00. The fraction of sp³-hybridized carbons (Fsp3) is 0.538. The SMILES string of the molecule is CO[C@H]1[C@H](O)CCCN1S(=O)(=O)c1ccc(C)cc1. The third kappa shape index (κ3) is 2.81. The Bertz CT molecular complexity index is 526. The number of aliphatic hydroxyl groups excluding tert-OH is 1. The lowest BCUT2D eigenvalue weighted by atomic mass is 10.1. The molecule has 1 aliphatic rings. The van der Waals surface area contributed by atoms with E-state index in [1.165, 1.54) is 11.4 Å². The molecule has 106 valence electrons. The zero-order chi connectivity index (χ0) is 14.0. The summed E-state index contributed by atoms with van der Waals surface area (Å²) in [6.07, 6.45) is -0.399. The van der Waals surface area contributed by atoms with E-state index in [4.69, 9.17) is 4.74 Å². The second kappa shape index (κ2) is 5.58. The zero-order valence-corrected chi connectivity index (χ0v) is 11.9. The van der Waals surface area contributed by atoms with Gasteiger partial charge in [0.1, 0.15) is 6.23 Å². The van der Waals surface area contributed by atoms with Crippen molar-refractivity contribution in [2.75, 3.05) is 13.7 Å². The first kappa shape index (κ1) is 14.5. The van der Waals surface area contributed by atoms with Crippen molar-refractivity contribution >= 4 is 10.0 Å². The van der Waals surface area contributed by atoms with E-state index in [2.05, 4.69) is 0 Å². The summed E-state index contributed by atoms with van der Waals surface area (Å²) in [7, 11) is -2.21. The van der Waals surface area contributed by atoms with Gasteiger partial charge in [0.15, 0.2) is 0 Å². The molecule has 5 nitrogen and oxygen atoms in total. The molecule has 1 saturated heterocycles. The highest BCUT2D eigenvalue weighted by Crippen LogP contribution is 2.26. The van der Waals surface area contributed by atoms with E-state index >= 15 is 0 Å². The van der Waals surface area contributed by atoms with Crippen LogP contribution in [0.15, 0.2) is 29.2 Å². The van der Waals surface area contributed by atoms with Gasteiger partial charge in [0.2, 0.25) is 10.0 Å². The number of aryl methyl sites for hydroxylation is 1. The van der Waals surface area contributed by atoms with Crippen LogP contribution in [0.4, 0.5) is 0 Å². The summed E-state index contributed by atoms with van der Waals surface area (Å²) < 4.78 is 31.5. The van der Waals surface area contributed by atoms with Crippen LogP contribution in [-0.2, 0) is 14.8 Å². The summed E-state index contributed by atoms with van der Waals surface area (Å²) in [5, 5.41) is 9.86. The highest BCUT2D eigenvalue weighted by molar-refractivity contribution is 7.89. The van der Waals surface area contributed by atoms with E-state index in [-0.39, 0.29) is 4.90 Å². The normalized spacial score (nSPS) is 25.4. The van der Waals surface area contributed by atoms with Crippen molar-refractivity contribution in [1.82, 2.24) is 4.31 Å². The van der Waals surface area contributed by atoms with Gasteiger partial charge in [-0.15, -0.1) is 0 Å². The molecule has 1 aromatic rings. The molecule has 0 bridgehead atoms. The van der Waals surface area contributed by atoms with E-state index < -0.39 is 22.4 Å². The van der Waals surface area contributed by atoms with E-state index in [0.29, 0.717) is 19.4 Å². The molecule has 1 N–H and O–H groups in total. The molecule has 2 atom stereocenters. The molecule has 0 aliphatic carbocycles. The fourth-order valence-electron chi connectivity index (χ4n) is 2.30. The zero-order valence-electron chi connectivity index (χ0n) is 11.1. The van der Waals surface area contributed by atoms with Gasteiger partial charge in [-0.3, -0.25) is 0 Å². The summed E-state index contributed by atoms with van der Waals surface area (Å²) in [6, 6.07) is 6.68. The highest BCUT2D eigenvalue weighted by atomic mass is 32.2. The molecule has 6 heteroatoms. The van der Waals surface area contributed by atoms with Gasteiger partial charge in [-0.05, 0) is 31.9 Å². The predicted octanol–water partition coefficient (Wildman–Crippen LogP) is 1.11. The molecule has 1 fully saturated rings. The van der Waals surface area contributed by atoms with Crippen LogP contribution in [0, 0.1) is 6.92 Å². The number of methoxy groups -OCH3 is 1. The number of sulfonamides is 1. The largest absolute Gasteiger partial charge is 0.389 e. The van der Waals surface area contributed by atoms with E-state index in [1.807, 2.05) is 6.92 Å². The summed E-state index contributed by atoms with van der Waals surface area (Å²) in [5.74, 6) is 0. The quantitative estimate of drug-likeness (QED) is 0.903. The van der Waals surface area contributed by atoms with Crippen molar-refractivity contribution in [2.45, 2.75) is 37.0 Å². The van der Waals surface area contributed by atoms with E-state index in [0.717, 1.165) is 5.56 Å².